The fourth-order valence-electron chi connectivity index (χ4n) is 1.23. The summed E-state index contributed by atoms with van der Waals surface area (Å²) in [5.74, 6) is -1.81. The Kier molecular flexibility index (Phi) is 3.18. The molecule has 1 aromatic rings. The Hall–Kier alpha value is -1.00. The van der Waals surface area contributed by atoms with E-state index in [9.17, 15) is 8.78 Å². The van der Waals surface area contributed by atoms with Crippen LogP contribution in [0.25, 0.3) is 0 Å². The molecule has 1 atom stereocenters. The van der Waals surface area contributed by atoms with Crippen LogP contribution >= 0.6 is 0 Å². The van der Waals surface area contributed by atoms with E-state index in [1.54, 1.807) is 6.92 Å². The molecular weight excluding hydrogens is 188 g/mol. The molecule has 3 N–H and O–H groups in total. The summed E-state index contributed by atoms with van der Waals surface area (Å²) >= 11 is 0. The third-order valence-electron chi connectivity index (χ3n) is 2.21. The van der Waals surface area contributed by atoms with Gasteiger partial charge in [-0.3, -0.25) is 0 Å². The van der Waals surface area contributed by atoms with Gasteiger partial charge in [0.1, 0.15) is 0 Å². The molecule has 0 heterocycles. The zero-order valence-electron chi connectivity index (χ0n) is 7.93. The Morgan fingerprint density at radius 1 is 1.36 bits per heavy atom. The third kappa shape index (κ3) is 2.27. The van der Waals surface area contributed by atoms with E-state index in [2.05, 4.69) is 0 Å². The molecule has 4 heteroatoms. The smallest absolute Gasteiger partial charge is 0.159 e. The predicted octanol–water partition coefficient (Wildman–Crippen LogP) is 1.52. The average molecular weight is 201 g/mol. The van der Waals surface area contributed by atoms with Crippen molar-refractivity contribution in [2.45, 2.75) is 18.9 Å². The van der Waals surface area contributed by atoms with Crippen LogP contribution in [0, 0.1) is 11.6 Å². The van der Waals surface area contributed by atoms with E-state index in [4.69, 9.17) is 10.8 Å². The zero-order chi connectivity index (χ0) is 10.8. The van der Waals surface area contributed by atoms with E-state index in [1.807, 2.05) is 0 Å². The molecule has 0 aromatic heterocycles. The third-order valence-corrected chi connectivity index (χ3v) is 2.21. The minimum atomic E-state index is -0.919. The molecule has 0 radical (unpaired) electrons. The first-order chi connectivity index (χ1) is 6.47. The van der Waals surface area contributed by atoms with Gasteiger partial charge in [-0.25, -0.2) is 8.78 Å². The summed E-state index contributed by atoms with van der Waals surface area (Å²) in [5, 5.41) is 8.74. The fraction of sp³-hybridized carbons (Fsp3) is 0.400. The molecule has 14 heavy (non-hydrogen) atoms. The van der Waals surface area contributed by atoms with Gasteiger partial charge < -0.3 is 10.8 Å². The van der Waals surface area contributed by atoms with Crippen molar-refractivity contribution < 1.29 is 13.9 Å². The number of nitrogens with two attached hydrogens (primary N) is 1. The maximum absolute atomic E-state index is 12.9. The van der Waals surface area contributed by atoms with Crippen LogP contribution in [0.2, 0.25) is 0 Å². The van der Waals surface area contributed by atoms with Gasteiger partial charge >= 0.3 is 0 Å². The van der Waals surface area contributed by atoms with Crippen molar-refractivity contribution in [1.29, 1.82) is 0 Å². The van der Waals surface area contributed by atoms with Crippen LogP contribution in [-0.4, -0.2) is 11.7 Å². The van der Waals surface area contributed by atoms with E-state index < -0.39 is 17.2 Å². The van der Waals surface area contributed by atoms with Gasteiger partial charge in [-0.1, -0.05) is 6.07 Å². The highest BCUT2D eigenvalue weighted by atomic mass is 19.2. The molecule has 0 fully saturated rings. The van der Waals surface area contributed by atoms with E-state index in [-0.39, 0.29) is 6.61 Å². The van der Waals surface area contributed by atoms with Crippen LogP contribution < -0.4 is 5.73 Å². The van der Waals surface area contributed by atoms with Crippen molar-refractivity contribution in [2.75, 3.05) is 6.61 Å². The molecule has 78 valence electrons. The van der Waals surface area contributed by atoms with Gasteiger partial charge in [-0.05, 0) is 31.0 Å². The lowest BCUT2D eigenvalue weighted by Crippen LogP contribution is -2.34. The standard InChI is InChI=1S/C10H13F2NO/c1-10(13,4-5-14)7-2-3-8(11)9(12)6-7/h2-3,6,14H,4-5,13H2,1H3/t10-/m1/s1. The first-order valence-electron chi connectivity index (χ1n) is 4.32. The second-order valence-electron chi connectivity index (χ2n) is 3.52. The Morgan fingerprint density at radius 3 is 2.50 bits per heavy atom. The number of aliphatic hydroxyl groups excluding tert-OH is 1. The number of hydrogen-bond donors (Lipinski definition) is 2. The second-order valence-corrected chi connectivity index (χ2v) is 3.52. The second kappa shape index (κ2) is 4.02. The van der Waals surface area contributed by atoms with Crippen LogP contribution in [-0.2, 0) is 5.54 Å². The number of halogens is 2. The largest absolute Gasteiger partial charge is 0.396 e. The highest BCUT2D eigenvalue weighted by Gasteiger charge is 2.21. The lowest BCUT2D eigenvalue weighted by Gasteiger charge is -2.24. The Balaban J connectivity index is 3.01. The molecule has 0 amide bonds. The normalized spacial score (nSPS) is 15.2. The molecule has 0 aliphatic rings. The van der Waals surface area contributed by atoms with Crippen molar-refractivity contribution in [3.8, 4) is 0 Å². The quantitative estimate of drug-likeness (QED) is 0.778. The molecule has 0 spiro atoms. The molecule has 0 bridgehead atoms. The minimum Gasteiger partial charge on any atom is -0.396 e. The van der Waals surface area contributed by atoms with E-state index in [1.165, 1.54) is 6.07 Å². The molecule has 0 saturated heterocycles. The van der Waals surface area contributed by atoms with Crippen molar-refractivity contribution in [3.05, 3.63) is 35.4 Å². The van der Waals surface area contributed by atoms with Crippen LogP contribution in [0.15, 0.2) is 18.2 Å². The summed E-state index contributed by atoms with van der Waals surface area (Å²) < 4.78 is 25.5. The molecule has 1 aromatic carbocycles. The average Bonchev–Trinajstić information content (AvgIpc) is 2.09. The van der Waals surface area contributed by atoms with E-state index in [0.717, 1.165) is 12.1 Å². The number of aliphatic hydroxyl groups is 1. The monoisotopic (exact) mass is 201 g/mol. The predicted molar refractivity (Wildman–Crippen MR) is 49.6 cm³/mol. The summed E-state index contributed by atoms with van der Waals surface area (Å²) in [7, 11) is 0. The highest BCUT2D eigenvalue weighted by molar-refractivity contribution is 5.24. The van der Waals surface area contributed by atoms with Crippen molar-refractivity contribution in [3.63, 3.8) is 0 Å². The number of hydrogen-bond acceptors (Lipinski definition) is 2. The Morgan fingerprint density at radius 2 is 2.00 bits per heavy atom. The molecule has 0 saturated carbocycles. The molecule has 0 aliphatic heterocycles. The SMILES string of the molecule is C[C@@](N)(CCO)c1ccc(F)c(F)c1. The van der Waals surface area contributed by atoms with Gasteiger partial charge in [0.05, 0.1) is 0 Å². The highest BCUT2D eigenvalue weighted by Crippen LogP contribution is 2.22. The molecule has 2 nitrogen and oxygen atoms in total. The zero-order valence-corrected chi connectivity index (χ0v) is 7.93. The Labute approximate surface area is 81.4 Å². The van der Waals surface area contributed by atoms with Crippen LogP contribution in [0.1, 0.15) is 18.9 Å². The van der Waals surface area contributed by atoms with Crippen molar-refractivity contribution >= 4 is 0 Å². The summed E-state index contributed by atoms with van der Waals surface area (Å²) in [5.41, 5.74) is 5.47. The first-order valence-corrected chi connectivity index (χ1v) is 4.32. The molecular formula is C10H13F2NO. The molecule has 0 unspecified atom stereocenters. The van der Waals surface area contributed by atoms with Gasteiger partial charge in [0, 0.05) is 12.1 Å². The van der Waals surface area contributed by atoms with Gasteiger partial charge in [0.15, 0.2) is 11.6 Å². The summed E-state index contributed by atoms with van der Waals surface area (Å²) in [6.45, 7) is 1.57. The molecule has 1 rings (SSSR count). The van der Waals surface area contributed by atoms with Gasteiger partial charge in [-0.15, -0.1) is 0 Å². The van der Waals surface area contributed by atoms with E-state index in [0.29, 0.717) is 12.0 Å². The maximum atomic E-state index is 12.9. The van der Waals surface area contributed by atoms with Crippen molar-refractivity contribution in [1.82, 2.24) is 0 Å². The van der Waals surface area contributed by atoms with Crippen LogP contribution in [0.3, 0.4) is 0 Å². The van der Waals surface area contributed by atoms with Crippen molar-refractivity contribution in [2.24, 2.45) is 5.73 Å². The maximum Gasteiger partial charge on any atom is 0.159 e. The van der Waals surface area contributed by atoms with Crippen LogP contribution in [0.5, 0.6) is 0 Å². The fourth-order valence-corrected chi connectivity index (χ4v) is 1.23. The summed E-state index contributed by atoms with van der Waals surface area (Å²) in [6, 6.07) is 3.52. The lowest BCUT2D eigenvalue weighted by atomic mass is 9.90. The molecule has 0 aliphatic carbocycles. The van der Waals surface area contributed by atoms with E-state index >= 15 is 0 Å². The Bertz CT molecular complexity index is 326. The first kappa shape index (κ1) is 11.1. The number of rotatable bonds is 3. The number of benzene rings is 1. The summed E-state index contributed by atoms with van der Waals surface area (Å²) in [6.07, 6.45) is 0.304. The minimum absolute atomic E-state index is 0.0913. The lowest BCUT2D eigenvalue weighted by molar-refractivity contribution is 0.247. The summed E-state index contributed by atoms with van der Waals surface area (Å²) in [4.78, 5) is 0. The van der Waals surface area contributed by atoms with Gasteiger partial charge in [0.2, 0.25) is 0 Å². The van der Waals surface area contributed by atoms with Gasteiger partial charge in [-0.2, -0.15) is 0 Å². The van der Waals surface area contributed by atoms with Gasteiger partial charge in [0.25, 0.3) is 0 Å². The topological polar surface area (TPSA) is 46.2 Å². The van der Waals surface area contributed by atoms with Crippen LogP contribution in [0.4, 0.5) is 8.78 Å².